The van der Waals surface area contributed by atoms with Gasteiger partial charge < -0.3 is 10.6 Å². The van der Waals surface area contributed by atoms with Crippen molar-refractivity contribution in [3.8, 4) is 0 Å². The van der Waals surface area contributed by atoms with Crippen molar-refractivity contribution in [1.82, 2.24) is 10.6 Å². The molecule has 1 aromatic rings. The van der Waals surface area contributed by atoms with Crippen LogP contribution in [0.1, 0.15) is 35.6 Å². The first-order chi connectivity index (χ1) is 8.31. The maximum Gasteiger partial charge on any atom is 0.0211 e. The molecule has 0 fully saturated rings. The van der Waals surface area contributed by atoms with Crippen LogP contribution in [0.15, 0.2) is 12.1 Å². The Morgan fingerprint density at radius 2 is 1.88 bits per heavy atom. The predicted octanol–water partition coefficient (Wildman–Crippen LogP) is 2.18. The monoisotopic (exact) mass is 232 g/mol. The zero-order valence-corrected chi connectivity index (χ0v) is 11.1. The smallest absolute Gasteiger partial charge is 0.0211 e. The Bertz CT molecular complexity index is 371. The minimum absolute atomic E-state index is 1.02. The lowest BCUT2D eigenvalue weighted by Gasteiger charge is -2.11. The quantitative estimate of drug-likeness (QED) is 0.704. The first kappa shape index (κ1) is 12.6. The number of aryl methyl sites for hydroxylation is 3. The Morgan fingerprint density at radius 1 is 1.06 bits per heavy atom. The molecule has 0 saturated carbocycles. The fourth-order valence-electron chi connectivity index (χ4n) is 2.56. The highest BCUT2D eigenvalue weighted by Gasteiger charge is 2.13. The van der Waals surface area contributed by atoms with Crippen LogP contribution in [0.25, 0.3) is 0 Å². The molecule has 2 bridgehead atoms. The van der Waals surface area contributed by atoms with E-state index in [1.807, 2.05) is 0 Å². The number of rotatable bonds is 7. The molecule has 2 N–H and O–H groups in total. The van der Waals surface area contributed by atoms with Gasteiger partial charge in [-0.3, -0.25) is 0 Å². The predicted molar refractivity (Wildman–Crippen MR) is 73.5 cm³/mol. The van der Waals surface area contributed by atoms with Crippen LogP contribution in [0, 0.1) is 6.92 Å². The van der Waals surface area contributed by atoms with Crippen LogP contribution < -0.4 is 10.6 Å². The SMILES string of the molecule is CCCNCCNCc1c(C)cc2cc1CC2. The van der Waals surface area contributed by atoms with Crippen molar-refractivity contribution in [1.29, 1.82) is 0 Å². The third kappa shape index (κ3) is 3.30. The third-order valence-electron chi connectivity index (χ3n) is 3.52. The van der Waals surface area contributed by atoms with Gasteiger partial charge in [0.25, 0.3) is 0 Å². The number of hydrogen-bond donors (Lipinski definition) is 2. The second-order valence-corrected chi connectivity index (χ2v) is 4.98. The van der Waals surface area contributed by atoms with Crippen molar-refractivity contribution in [2.24, 2.45) is 0 Å². The second-order valence-electron chi connectivity index (χ2n) is 4.98. The van der Waals surface area contributed by atoms with E-state index >= 15 is 0 Å². The van der Waals surface area contributed by atoms with Crippen molar-refractivity contribution in [3.63, 3.8) is 0 Å². The van der Waals surface area contributed by atoms with Crippen LogP contribution in [-0.2, 0) is 19.4 Å². The topological polar surface area (TPSA) is 24.1 Å². The molecule has 2 rings (SSSR count). The molecule has 0 unspecified atom stereocenters. The fourth-order valence-corrected chi connectivity index (χ4v) is 2.56. The van der Waals surface area contributed by atoms with E-state index < -0.39 is 0 Å². The lowest BCUT2D eigenvalue weighted by atomic mass is 10.0. The summed E-state index contributed by atoms with van der Waals surface area (Å²) in [6.07, 6.45) is 3.70. The molecular weight excluding hydrogens is 208 g/mol. The molecule has 0 amide bonds. The normalized spacial score (nSPS) is 13.3. The van der Waals surface area contributed by atoms with Gasteiger partial charge in [-0.05, 0) is 55.0 Å². The molecule has 1 aliphatic carbocycles. The highest BCUT2D eigenvalue weighted by molar-refractivity contribution is 5.42. The standard InChI is InChI=1S/C15H24N2/c1-3-6-16-7-8-17-11-15-12(2)9-13-4-5-14(15)10-13/h9-10,16-17H,3-8,11H2,1-2H3. The Labute approximate surface area is 105 Å². The van der Waals surface area contributed by atoms with Crippen molar-refractivity contribution in [2.75, 3.05) is 19.6 Å². The number of fused-ring (bicyclic) bond motifs is 2. The minimum Gasteiger partial charge on any atom is -0.315 e. The van der Waals surface area contributed by atoms with Gasteiger partial charge in [-0.15, -0.1) is 0 Å². The Hall–Kier alpha value is -0.860. The number of benzene rings is 1. The van der Waals surface area contributed by atoms with E-state index in [1.54, 1.807) is 5.56 Å². The number of nitrogens with one attached hydrogen (secondary N) is 2. The van der Waals surface area contributed by atoms with E-state index in [2.05, 4.69) is 36.6 Å². The molecule has 0 saturated heterocycles. The van der Waals surface area contributed by atoms with E-state index in [9.17, 15) is 0 Å². The fraction of sp³-hybridized carbons (Fsp3) is 0.600. The molecule has 0 heterocycles. The van der Waals surface area contributed by atoms with Gasteiger partial charge in [0.1, 0.15) is 0 Å². The molecule has 1 aliphatic rings. The average molecular weight is 232 g/mol. The van der Waals surface area contributed by atoms with E-state index in [0.29, 0.717) is 0 Å². The van der Waals surface area contributed by atoms with Gasteiger partial charge in [0, 0.05) is 19.6 Å². The minimum atomic E-state index is 1.02. The summed E-state index contributed by atoms with van der Waals surface area (Å²) in [7, 11) is 0. The summed E-state index contributed by atoms with van der Waals surface area (Å²) in [5, 5.41) is 6.95. The van der Waals surface area contributed by atoms with Gasteiger partial charge in [-0.2, -0.15) is 0 Å². The Morgan fingerprint density at radius 3 is 2.71 bits per heavy atom. The van der Waals surface area contributed by atoms with E-state index in [4.69, 9.17) is 0 Å². The van der Waals surface area contributed by atoms with Gasteiger partial charge >= 0.3 is 0 Å². The summed E-state index contributed by atoms with van der Waals surface area (Å²) >= 11 is 0. The summed E-state index contributed by atoms with van der Waals surface area (Å²) in [6.45, 7) is 8.72. The summed E-state index contributed by atoms with van der Waals surface area (Å²) in [6, 6.07) is 4.72. The molecule has 94 valence electrons. The molecular formula is C15H24N2. The van der Waals surface area contributed by atoms with E-state index in [1.165, 1.54) is 36.0 Å². The molecule has 0 atom stereocenters. The average Bonchev–Trinajstić information content (AvgIpc) is 2.70. The molecule has 0 aliphatic heterocycles. The van der Waals surface area contributed by atoms with Gasteiger partial charge in [0.05, 0.1) is 0 Å². The zero-order valence-electron chi connectivity index (χ0n) is 11.1. The van der Waals surface area contributed by atoms with Crippen LogP contribution >= 0.6 is 0 Å². The molecule has 2 nitrogen and oxygen atoms in total. The molecule has 17 heavy (non-hydrogen) atoms. The van der Waals surface area contributed by atoms with Crippen molar-refractivity contribution >= 4 is 0 Å². The molecule has 0 aromatic heterocycles. The summed E-state index contributed by atoms with van der Waals surface area (Å²) in [5.41, 5.74) is 6.07. The first-order valence-electron chi connectivity index (χ1n) is 6.84. The molecule has 2 heteroatoms. The van der Waals surface area contributed by atoms with E-state index in [0.717, 1.165) is 26.2 Å². The van der Waals surface area contributed by atoms with Crippen LogP contribution in [0.5, 0.6) is 0 Å². The lowest BCUT2D eigenvalue weighted by Crippen LogP contribution is -2.27. The van der Waals surface area contributed by atoms with Crippen molar-refractivity contribution in [2.45, 2.75) is 39.7 Å². The Kier molecular flexibility index (Phi) is 4.57. The van der Waals surface area contributed by atoms with Gasteiger partial charge in [0.2, 0.25) is 0 Å². The second kappa shape index (κ2) is 6.18. The maximum atomic E-state index is 3.54. The summed E-state index contributed by atoms with van der Waals surface area (Å²) in [4.78, 5) is 0. The van der Waals surface area contributed by atoms with Crippen molar-refractivity contribution in [3.05, 3.63) is 34.4 Å². The third-order valence-corrected chi connectivity index (χ3v) is 3.52. The Balaban J connectivity index is 1.77. The summed E-state index contributed by atoms with van der Waals surface area (Å²) < 4.78 is 0. The highest BCUT2D eigenvalue weighted by atomic mass is 14.9. The van der Waals surface area contributed by atoms with Gasteiger partial charge in [0.15, 0.2) is 0 Å². The van der Waals surface area contributed by atoms with Crippen LogP contribution in [0.2, 0.25) is 0 Å². The molecule has 0 spiro atoms. The van der Waals surface area contributed by atoms with Crippen molar-refractivity contribution < 1.29 is 0 Å². The maximum absolute atomic E-state index is 3.54. The number of hydrogen-bond acceptors (Lipinski definition) is 2. The van der Waals surface area contributed by atoms with Gasteiger partial charge in [-0.25, -0.2) is 0 Å². The van der Waals surface area contributed by atoms with Crippen LogP contribution in [-0.4, -0.2) is 19.6 Å². The van der Waals surface area contributed by atoms with Gasteiger partial charge in [-0.1, -0.05) is 19.1 Å². The van der Waals surface area contributed by atoms with Crippen LogP contribution in [0.3, 0.4) is 0 Å². The zero-order chi connectivity index (χ0) is 12.1. The molecule has 1 aromatic carbocycles. The highest BCUT2D eigenvalue weighted by Crippen LogP contribution is 2.25. The van der Waals surface area contributed by atoms with Crippen LogP contribution in [0.4, 0.5) is 0 Å². The largest absolute Gasteiger partial charge is 0.315 e. The first-order valence-corrected chi connectivity index (χ1v) is 6.84. The van der Waals surface area contributed by atoms with E-state index in [-0.39, 0.29) is 0 Å². The molecule has 0 radical (unpaired) electrons. The summed E-state index contributed by atoms with van der Waals surface area (Å²) in [5.74, 6) is 0. The lowest BCUT2D eigenvalue weighted by molar-refractivity contribution is 0.604.